The van der Waals surface area contributed by atoms with E-state index in [2.05, 4.69) is 9.93 Å². The van der Waals surface area contributed by atoms with Crippen LogP contribution in [0.25, 0.3) is 10.8 Å². The molecule has 9 heteroatoms. The summed E-state index contributed by atoms with van der Waals surface area (Å²) in [5.74, 6) is -0.360. The Morgan fingerprint density at radius 1 is 0.848 bits per heavy atom. The van der Waals surface area contributed by atoms with Gasteiger partial charge in [0.1, 0.15) is 5.75 Å². The molecule has 0 aliphatic heterocycles. The number of hydrogen-bond donors (Lipinski definition) is 1. The number of esters is 1. The number of nitrogens with zero attached hydrogens (tertiary/aromatic N) is 1. The molecule has 4 aromatic rings. The second kappa shape index (κ2) is 9.62. The Balaban J connectivity index is 1.65. The molecule has 0 radical (unpaired) electrons. The zero-order valence-electron chi connectivity index (χ0n) is 16.9. The lowest BCUT2D eigenvalue weighted by molar-refractivity contribution is 0.0734. The van der Waals surface area contributed by atoms with Crippen LogP contribution in [0.4, 0.5) is 0 Å². The summed E-state index contributed by atoms with van der Waals surface area (Å²) in [5.41, 5.74) is 0.758. The average molecular weight is 499 g/mol. The average Bonchev–Trinajstić information content (AvgIpc) is 2.81. The van der Waals surface area contributed by atoms with Crippen molar-refractivity contribution in [2.45, 2.75) is 4.90 Å². The molecule has 166 valence electrons. The van der Waals surface area contributed by atoms with E-state index >= 15 is 0 Å². The molecule has 0 spiro atoms. The predicted octanol–water partition coefficient (Wildman–Crippen LogP) is 5.68. The van der Waals surface area contributed by atoms with Gasteiger partial charge in [0.15, 0.2) is 0 Å². The van der Waals surface area contributed by atoms with Crippen LogP contribution in [0.3, 0.4) is 0 Å². The van der Waals surface area contributed by atoms with Crippen molar-refractivity contribution >= 4 is 56.2 Å². The first-order chi connectivity index (χ1) is 15.8. The minimum atomic E-state index is -3.91. The third kappa shape index (κ3) is 5.34. The second-order valence-corrected chi connectivity index (χ2v) is 9.44. The van der Waals surface area contributed by atoms with Gasteiger partial charge in [0.25, 0.3) is 10.0 Å². The summed E-state index contributed by atoms with van der Waals surface area (Å²) in [6.45, 7) is 0. The lowest BCUT2D eigenvalue weighted by Crippen LogP contribution is -2.18. The molecule has 0 aliphatic rings. The SMILES string of the molecule is O=C(Oc1ccc2ccccc2c1/C=N\NS(=O)(=O)c1ccc(Cl)cc1)c1ccc(Cl)cc1. The minimum absolute atomic E-state index is 0.0105. The molecule has 0 amide bonds. The van der Waals surface area contributed by atoms with Gasteiger partial charge in [0.05, 0.1) is 16.7 Å². The summed E-state index contributed by atoms with van der Waals surface area (Å²) in [5, 5.41) is 6.42. The molecule has 0 fully saturated rings. The Morgan fingerprint density at radius 2 is 1.48 bits per heavy atom. The van der Waals surface area contributed by atoms with Gasteiger partial charge < -0.3 is 4.74 Å². The summed E-state index contributed by atoms with van der Waals surface area (Å²) >= 11 is 11.7. The molecule has 0 saturated carbocycles. The van der Waals surface area contributed by atoms with Gasteiger partial charge in [-0.1, -0.05) is 53.5 Å². The van der Waals surface area contributed by atoms with Gasteiger partial charge in [-0.05, 0) is 65.4 Å². The molecule has 0 unspecified atom stereocenters. The largest absolute Gasteiger partial charge is 0.422 e. The molecule has 0 atom stereocenters. The molecule has 0 saturated heterocycles. The zero-order valence-corrected chi connectivity index (χ0v) is 19.2. The van der Waals surface area contributed by atoms with E-state index < -0.39 is 16.0 Å². The van der Waals surface area contributed by atoms with Gasteiger partial charge in [-0.2, -0.15) is 13.5 Å². The number of fused-ring (bicyclic) bond motifs is 1. The van der Waals surface area contributed by atoms with Gasteiger partial charge in [0, 0.05) is 15.6 Å². The first kappa shape index (κ1) is 22.8. The Morgan fingerprint density at radius 3 is 2.18 bits per heavy atom. The Bertz CT molecular complexity index is 1450. The fourth-order valence-electron chi connectivity index (χ4n) is 3.07. The standard InChI is InChI=1S/C24H16Cl2N2O4S/c25-18-8-5-17(6-9-18)24(29)32-23-14-7-16-3-1-2-4-21(16)22(23)15-27-28-33(30,31)20-12-10-19(26)11-13-20/h1-15,28H/b27-15-. The van der Waals surface area contributed by atoms with Crippen molar-refractivity contribution in [2.75, 3.05) is 0 Å². The summed E-state index contributed by atoms with van der Waals surface area (Å²) in [6.07, 6.45) is 1.31. The number of rotatable bonds is 6. The topological polar surface area (TPSA) is 84.8 Å². The molecule has 0 heterocycles. The molecular weight excluding hydrogens is 483 g/mol. The van der Waals surface area contributed by atoms with Crippen LogP contribution in [0.15, 0.2) is 94.9 Å². The van der Waals surface area contributed by atoms with E-state index in [0.29, 0.717) is 21.2 Å². The third-order valence-electron chi connectivity index (χ3n) is 4.70. The molecule has 0 aliphatic carbocycles. The maximum Gasteiger partial charge on any atom is 0.343 e. The van der Waals surface area contributed by atoms with Crippen molar-refractivity contribution in [1.29, 1.82) is 0 Å². The molecular formula is C24H16Cl2N2O4S. The number of benzene rings is 4. The van der Waals surface area contributed by atoms with E-state index in [1.165, 1.54) is 30.5 Å². The number of hydrazone groups is 1. The van der Waals surface area contributed by atoms with E-state index in [0.717, 1.165) is 10.8 Å². The minimum Gasteiger partial charge on any atom is -0.422 e. The lowest BCUT2D eigenvalue weighted by Gasteiger charge is -2.11. The highest BCUT2D eigenvalue weighted by molar-refractivity contribution is 7.89. The lowest BCUT2D eigenvalue weighted by atomic mass is 10.0. The van der Waals surface area contributed by atoms with E-state index in [9.17, 15) is 13.2 Å². The molecule has 6 nitrogen and oxygen atoms in total. The molecule has 0 bridgehead atoms. The molecule has 4 rings (SSSR count). The normalized spacial score (nSPS) is 11.6. The molecule has 33 heavy (non-hydrogen) atoms. The Kier molecular flexibility index (Phi) is 6.65. The predicted molar refractivity (Wildman–Crippen MR) is 130 cm³/mol. The van der Waals surface area contributed by atoms with Gasteiger partial charge in [-0.15, -0.1) is 0 Å². The van der Waals surface area contributed by atoms with Crippen LogP contribution in [-0.2, 0) is 10.0 Å². The van der Waals surface area contributed by atoms with Crippen LogP contribution < -0.4 is 9.57 Å². The second-order valence-electron chi connectivity index (χ2n) is 6.90. The maximum absolute atomic E-state index is 12.6. The molecule has 4 aromatic carbocycles. The van der Waals surface area contributed by atoms with E-state index in [1.807, 2.05) is 24.3 Å². The summed E-state index contributed by atoms with van der Waals surface area (Å²) in [6, 6.07) is 22.8. The van der Waals surface area contributed by atoms with Crippen molar-refractivity contribution < 1.29 is 17.9 Å². The highest BCUT2D eigenvalue weighted by atomic mass is 35.5. The van der Waals surface area contributed by atoms with E-state index in [-0.39, 0.29) is 10.6 Å². The van der Waals surface area contributed by atoms with Crippen LogP contribution in [0.5, 0.6) is 5.75 Å². The van der Waals surface area contributed by atoms with Gasteiger partial charge in [0.2, 0.25) is 0 Å². The molecule has 0 aromatic heterocycles. The fourth-order valence-corrected chi connectivity index (χ4v) is 4.11. The van der Waals surface area contributed by atoms with Crippen molar-refractivity contribution in [3.05, 3.63) is 106 Å². The highest BCUT2D eigenvalue weighted by Crippen LogP contribution is 2.27. The quantitative estimate of drug-likeness (QED) is 0.160. The number of carbonyl (C=O) groups is 1. The van der Waals surface area contributed by atoms with Crippen molar-refractivity contribution in [1.82, 2.24) is 4.83 Å². The summed E-state index contributed by atoms with van der Waals surface area (Å²) < 4.78 is 30.6. The van der Waals surface area contributed by atoms with Crippen LogP contribution in [-0.4, -0.2) is 20.6 Å². The smallest absolute Gasteiger partial charge is 0.343 e. The number of hydrogen-bond acceptors (Lipinski definition) is 5. The number of sulfonamides is 1. The first-order valence-electron chi connectivity index (χ1n) is 9.63. The molecule has 1 N–H and O–H groups in total. The zero-order chi connectivity index (χ0) is 23.4. The van der Waals surface area contributed by atoms with E-state index in [4.69, 9.17) is 27.9 Å². The maximum atomic E-state index is 12.6. The number of halogens is 2. The number of nitrogens with one attached hydrogen (secondary N) is 1. The van der Waals surface area contributed by atoms with Crippen LogP contribution >= 0.6 is 23.2 Å². The van der Waals surface area contributed by atoms with Crippen LogP contribution in [0.2, 0.25) is 10.0 Å². The Hall–Kier alpha value is -3.39. The van der Waals surface area contributed by atoms with Crippen LogP contribution in [0, 0.1) is 0 Å². The van der Waals surface area contributed by atoms with Gasteiger partial charge in [-0.25, -0.2) is 9.63 Å². The third-order valence-corrected chi connectivity index (χ3v) is 6.45. The first-order valence-corrected chi connectivity index (χ1v) is 11.9. The van der Waals surface area contributed by atoms with Crippen molar-refractivity contribution in [2.24, 2.45) is 5.10 Å². The van der Waals surface area contributed by atoms with Crippen molar-refractivity contribution in [3.63, 3.8) is 0 Å². The van der Waals surface area contributed by atoms with Gasteiger partial charge in [-0.3, -0.25) is 0 Å². The highest BCUT2D eigenvalue weighted by Gasteiger charge is 2.15. The monoisotopic (exact) mass is 498 g/mol. The summed E-state index contributed by atoms with van der Waals surface area (Å²) in [4.78, 5) is 14.8. The summed E-state index contributed by atoms with van der Waals surface area (Å²) in [7, 11) is -3.91. The van der Waals surface area contributed by atoms with Crippen LogP contribution in [0.1, 0.15) is 15.9 Å². The fraction of sp³-hybridized carbons (Fsp3) is 0. The Labute approximate surface area is 200 Å². The number of carbonyl (C=O) groups excluding carboxylic acids is 1. The number of ether oxygens (including phenoxy) is 1. The van der Waals surface area contributed by atoms with Gasteiger partial charge >= 0.3 is 5.97 Å². The van der Waals surface area contributed by atoms with E-state index in [1.54, 1.807) is 36.4 Å². The van der Waals surface area contributed by atoms with Crippen molar-refractivity contribution in [3.8, 4) is 5.75 Å².